The highest BCUT2D eigenvalue weighted by molar-refractivity contribution is 5.63. The van der Waals surface area contributed by atoms with Gasteiger partial charge in [-0.1, -0.05) is 30.3 Å². The topological polar surface area (TPSA) is 56.6 Å². The minimum absolute atomic E-state index is 0.180. The second-order valence-electron chi connectivity index (χ2n) is 3.11. The second-order valence-corrected chi connectivity index (χ2v) is 3.11. The molecule has 0 fully saturated rings. The predicted octanol–water partition coefficient (Wildman–Crippen LogP) is 1.91. The minimum atomic E-state index is -0.180. The monoisotopic (exact) mass is 196 g/mol. The summed E-state index contributed by atoms with van der Waals surface area (Å²) >= 11 is 0. The molecule has 0 radical (unpaired) electrons. The fourth-order valence-electron chi connectivity index (χ4n) is 1.38. The Balaban J connectivity index is 2.64. The van der Waals surface area contributed by atoms with Crippen molar-refractivity contribution in [1.82, 2.24) is 4.98 Å². The van der Waals surface area contributed by atoms with Gasteiger partial charge in [0.1, 0.15) is 6.07 Å². The van der Waals surface area contributed by atoms with Crippen molar-refractivity contribution >= 4 is 0 Å². The first-order valence-electron chi connectivity index (χ1n) is 4.49. The summed E-state index contributed by atoms with van der Waals surface area (Å²) in [7, 11) is 0. The van der Waals surface area contributed by atoms with Crippen molar-refractivity contribution in [3.63, 3.8) is 0 Å². The van der Waals surface area contributed by atoms with Gasteiger partial charge in [0.15, 0.2) is 0 Å². The molecule has 1 aromatic heterocycles. The van der Waals surface area contributed by atoms with Crippen LogP contribution in [0.15, 0.2) is 47.4 Å². The molecule has 0 aliphatic carbocycles. The van der Waals surface area contributed by atoms with Crippen molar-refractivity contribution in [1.29, 1.82) is 5.26 Å². The summed E-state index contributed by atoms with van der Waals surface area (Å²) in [6.07, 6.45) is 1.41. The van der Waals surface area contributed by atoms with Gasteiger partial charge in [-0.05, 0) is 11.6 Å². The average molecular weight is 196 g/mol. The Bertz CT molecular complexity index is 564. The second kappa shape index (κ2) is 3.81. The van der Waals surface area contributed by atoms with Gasteiger partial charge >= 0.3 is 0 Å². The normalized spacial score (nSPS) is 9.53. The van der Waals surface area contributed by atoms with Crippen LogP contribution in [0.4, 0.5) is 0 Å². The number of nitrogens with zero attached hydrogens (tertiary/aromatic N) is 1. The zero-order chi connectivity index (χ0) is 10.7. The van der Waals surface area contributed by atoms with Crippen LogP contribution in [0.2, 0.25) is 0 Å². The van der Waals surface area contributed by atoms with E-state index >= 15 is 0 Å². The van der Waals surface area contributed by atoms with Crippen LogP contribution < -0.4 is 5.56 Å². The van der Waals surface area contributed by atoms with Gasteiger partial charge in [0.25, 0.3) is 5.56 Å². The molecule has 0 bridgehead atoms. The zero-order valence-corrected chi connectivity index (χ0v) is 7.90. The third kappa shape index (κ3) is 1.79. The van der Waals surface area contributed by atoms with Crippen LogP contribution in [0.3, 0.4) is 0 Å². The fourth-order valence-corrected chi connectivity index (χ4v) is 1.38. The smallest absolute Gasteiger partial charge is 0.255 e. The van der Waals surface area contributed by atoms with E-state index < -0.39 is 0 Å². The molecule has 0 aliphatic rings. The van der Waals surface area contributed by atoms with Crippen molar-refractivity contribution in [2.75, 3.05) is 0 Å². The number of pyridine rings is 1. The van der Waals surface area contributed by atoms with Gasteiger partial charge in [-0.15, -0.1) is 0 Å². The fraction of sp³-hybridized carbons (Fsp3) is 0. The van der Waals surface area contributed by atoms with Crippen LogP contribution in [-0.4, -0.2) is 4.98 Å². The SMILES string of the molecule is N#Cc1c[nH]c(=O)c(-c2ccccc2)c1. The molecule has 0 unspecified atom stereocenters. The maximum absolute atomic E-state index is 11.5. The highest BCUT2D eigenvalue weighted by Gasteiger charge is 2.03. The van der Waals surface area contributed by atoms with Gasteiger partial charge in [-0.25, -0.2) is 0 Å². The van der Waals surface area contributed by atoms with Crippen LogP contribution in [-0.2, 0) is 0 Å². The van der Waals surface area contributed by atoms with E-state index in [0.29, 0.717) is 11.1 Å². The number of nitrogens with one attached hydrogen (secondary N) is 1. The molecule has 3 heteroatoms. The largest absolute Gasteiger partial charge is 0.327 e. The quantitative estimate of drug-likeness (QED) is 0.757. The summed E-state index contributed by atoms with van der Waals surface area (Å²) in [5.74, 6) is 0. The Labute approximate surface area is 86.6 Å². The van der Waals surface area contributed by atoms with Crippen molar-refractivity contribution in [3.05, 3.63) is 58.5 Å². The number of nitriles is 1. The van der Waals surface area contributed by atoms with E-state index in [0.717, 1.165) is 5.56 Å². The van der Waals surface area contributed by atoms with Gasteiger partial charge in [0.05, 0.1) is 5.56 Å². The Morgan fingerprint density at radius 3 is 2.60 bits per heavy atom. The van der Waals surface area contributed by atoms with E-state index in [4.69, 9.17) is 5.26 Å². The van der Waals surface area contributed by atoms with Gasteiger partial charge in [-0.3, -0.25) is 4.79 Å². The van der Waals surface area contributed by atoms with E-state index in [9.17, 15) is 4.79 Å². The Morgan fingerprint density at radius 1 is 1.20 bits per heavy atom. The highest BCUT2D eigenvalue weighted by atomic mass is 16.1. The maximum Gasteiger partial charge on any atom is 0.255 e. The molecule has 1 heterocycles. The molecule has 2 aromatic rings. The van der Waals surface area contributed by atoms with Crippen molar-refractivity contribution in [3.8, 4) is 17.2 Å². The number of hydrogen-bond donors (Lipinski definition) is 1. The lowest BCUT2D eigenvalue weighted by Gasteiger charge is -1.99. The third-order valence-electron chi connectivity index (χ3n) is 2.12. The van der Waals surface area contributed by atoms with Crippen molar-refractivity contribution in [2.24, 2.45) is 0 Å². The zero-order valence-electron chi connectivity index (χ0n) is 7.90. The Morgan fingerprint density at radius 2 is 1.93 bits per heavy atom. The summed E-state index contributed by atoms with van der Waals surface area (Å²) in [6, 6.07) is 12.9. The van der Waals surface area contributed by atoms with E-state index in [1.54, 1.807) is 6.07 Å². The maximum atomic E-state index is 11.5. The average Bonchev–Trinajstić information content (AvgIpc) is 2.31. The first-order chi connectivity index (χ1) is 7.31. The number of benzene rings is 1. The summed E-state index contributed by atoms with van der Waals surface area (Å²) in [5, 5.41) is 8.73. The predicted molar refractivity (Wildman–Crippen MR) is 57.2 cm³/mol. The molecule has 3 nitrogen and oxygen atoms in total. The number of H-pyrrole nitrogens is 1. The molecule has 1 aromatic carbocycles. The molecular weight excluding hydrogens is 188 g/mol. The summed E-state index contributed by atoms with van der Waals surface area (Å²) in [6.45, 7) is 0. The third-order valence-corrected chi connectivity index (χ3v) is 2.12. The van der Waals surface area contributed by atoms with Crippen LogP contribution in [0, 0.1) is 11.3 Å². The van der Waals surface area contributed by atoms with Crippen molar-refractivity contribution in [2.45, 2.75) is 0 Å². The molecule has 0 saturated heterocycles. The van der Waals surface area contributed by atoms with Crippen LogP contribution >= 0.6 is 0 Å². The van der Waals surface area contributed by atoms with Crippen LogP contribution in [0.1, 0.15) is 5.56 Å². The molecular formula is C12H8N2O. The lowest BCUT2D eigenvalue weighted by atomic mass is 10.1. The summed E-state index contributed by atoms with van der Waals surface area (Å²) < 4.78 is 0. The molecule has 0 aliphatic heterocycles. The van der Waals surface area contributed by atoms with Gasteiger partial charge in [0, 0.05) is 11.8 Å². The number of aromatic nitrogens is 1. The first kappa shape index (κ1) is 9.22. The molecule has 0 saturated carbocycles. The van der Waals surface area contributed by atoms with E-state index in [-0.39, 0.29) is 5.56 Å². The lowest BCUT2D eigenvalue weighted by Crippen LogP contribution is -2.08. The molecule has 0 spiro atoms. The first-order valence-corrected chi connectivity index (χ1v) is 4.49. The lowest BCUT2D eigenvalue weighted by molar-refractivity contribution is 1.22. The van der Waals surface area contributed by atoms with Gasteiger partial charge < -0.3 is 4.98 Å². The molecule has 2 rings (SSSR count). The molecule has 72 valence electrons. The number of aromatic amines is 1. The van der Waals surface area contributed by atoms with Crippen molar-refractivity contribution < 1.29 is 0 Å². The van der Waals surface area contributed by atoms with E-state index in [1.165, 1.54) is 6.20 Å². The summed E-state index contributed by atoms with van der Waals surface area (Å²) in [5.41, 5.74) is 1.61. The Kier molecular flexibility index (Phi) is 2.34. The summed E-state index contributed by atoms with van der Waals surface area (Å²) in [4.78, 5) is 14.1. The van der Waals surface area contributed by atoms with Crippen LogP contribution in [0.5, 0.6) is 0 Å². The number of rotatable bonds is 1. The number of hydrogen-bond acceptors (Lipinski definition) is 2. The minimum Gasteiger partial charge on any atom is -0.327 e. The Hall–Kier alpha value is -2.34. The van der Waals surface area contributed by atoms with Gasteiger partial charge in [0.2, 0.25) is 0 Å². The van der Waals surface area contributed by atoms with Crippen LogP contribution in [0.25, 0.3) is 11.1 Å². The van der Waals surface area contributed by atoms with E-state index in [2.05, 4.69) is 4.98 Å². The molecule has 0 atom stereocenters. The van der Waals surface area contributed by atoms with E-state index in [1.807, 2.05) is 36.4 Å². The highest BCUT2D eigenvalue weighted by Crippen LogP contribution is 2.14. The molecule has 0 amide bonds. The molecule has 1 N–H and O–H groups in total. The standard InChI is InChI=1S/C12H8N2O/c13-7-9-6-11(12(15)14-8-9)10-4-2-1-3-5-10/h1-6,8H,(H,14,15). The van der Waals surface area contributed by atoms with Gasteiger partial charge in [-0.2, -0.15) is 5.26 Å². The molecule has 15 heavy (non-hydrogen) atoms.